The van der Waals surface area contributed by atoms with Crippen molar-refractivity contribution in [3.63, 3.8) is 0 Å². The molecule has 3 N–H and O–H groups in total. The van der Waals surface area contributed by atoms with Gasteiger partial charge in [-0.15, -0.1) is 0 Å². The molecule has 8 nitrogen and oxygen atoms in total. The minimum atomic E-state index is -1.50. The van der Waals surface area contributed by atoms with E-state index in [0.29, 0.717) is 5.69 Å². The van der Waals surface area contributed by atoms with Gasteiger partial charge in [0.15, 0.2) is 0 Å². The molecule has 2 aromatic carbocycles. The molecule has 0 atom stereocenters. The van der Waals surface area contributed by atoms with E-state index >= 15 is 0 Å². The van der Waals surface area contributed by atoms with Gasteiger partial charge >= 0.3 is 0 Å². The SMILES string of the molecule is Cc1ccc(C)c(NC(=O)CCC(=O)NNC(=O)c2ccccc2C(=O)[O-])c1. The maximum atomic E-state index is 12.0. The first kappa shape index (κ1) is 20.6. The summed E-state index contributed by atoms with van der Waals surface area (Å²) in [5, 5.41) is 13.8. The highest BCUT2D eigenvalue weighted by Gasteiger charge is 2.13. The molecule has 8 heteroatoms. The number of rotatable bonds is 6. The monoisotopic (exact) mass is 382 g/mol. The molecule has 0 unspecified atom stereocenters. The predicted molar refractivity (Wildman–Crippen MR) is 100 cm³/mol. The Labute approximate surface area is 161 Å². The molecular formula is C20H20N3O5-. The maximum Gasteiger partial charge on any atom is 0.270 e. The minimum absolute atomic E-state index is 0.0787. The van der Waals surface area contributed by atoms with Crippen LogP contribution < -0.4 is 21.3 Å². The van der Waals surface area contributed by atoms with Crippen molar-refractivity contribution in [1.29, 1.82) is 0 Å². The second-order valence-corrected chi connectivity index (χ2v) is 6.20. The van der Waals surface area contributed by atoms with Gasteiger partial charge in [0.05, 0.1) is 11.5 Å². The summed E-state index contributed by atoms with van der Waals surface area (Å²) in [5.74, 6) is -3.22. The third-order valence-corrected chi connectivity index (χ3v) is 3.95. The van der Waals surface area contributed by atoms with E-state index < -0.39 is 17.8 Å². The molecule has 0 spiro atoms. The molecule has 0 bridgehead atoms. The van der Waals surface area contributed by atoms with E-state index in [0.717, 1.165) is 11.1 Å². The lowest BCUT2D eigenvalue weighted by atomic mass is 10.1. The fourth-order valence-corrected chi connectivity index (χ4v) is 2.43. The van der Waals surface area contributed by atoms with Gasteiger partial charge in [-0.25, -0.2) is 0 Å². The van der Waals surface area contributed by atoms with E-state index in [4.69, 9.17) is 0 Å². The molecule has 0 aliphatic rings. The quantitative estimate of drug-likeness (QED) is 0.638. The number of nitrogens with one attached hydrogen (secondary N) is 3. The standard InChI is InChI=1S/C20H21N3O5/c1-12-7-8-13(2)16(11-12)21-17(24)9-10-18(25)22-23-19(26)14-5-3-4-6-15(14)20(27)28/h3-8,11H,9-10H2,1-2H3,(H,21,24)(H,22,25)(H,23,26)(H,27,28)/p-1. The normalized spacial score (nSPS) is 10.1. The number of hydrogen-bond acceptors (Lipinski definition) is 5. The van der Waals surface area contributed by atoms with Gasteiger partial charge in [-0.3, -0.25) is 25.2 Å². The maximum absolute atomic E-state index is 12.0. The summed E-state index contributed by atoms with van der Waals surface area (Å²) < 4.78 is 0. The summed E-state index contributed by atoms with van der Waals surface area (Å²) in [7, 11) is 0. The van der Waals surface area contributed by atoms with Gasteiger partial charge in [0.25, 0.3) is 5.91 Å². The van der Waals surface area contributed by atoms with Crippen LogP contribution in [-0.2, 0) is 9.59 Å². The van der Waals surface area contributed by atoms with E-state index in [1.165, 1.54) is 24.3 Å². The number of carboxylic acids is 1. The van der Waals surface area contributed by atoms with Crippen LogP contribution in [0.2, 0.25) is 0 Å². The largest absolute Gasteiger partial charge is 0.545 e. The van der Waals surface area contributed by atoms with Crippen LogP contribution in [0.4, 0.5) is 5.69 Å². The molecule has 0 heterocycles. The number of anilines is 1. The van der Waals surface area contributed by atoms with Crippen molar-refractivity contribution in [2.24, 2.45) is 0 Å². The topological polar surface area (TPSA) is 127 Å². The molecule has 2 aromatic rings. The molecule has 146 valence electrons. The highest BCUT2D eigenvalue weighted by Crippen LogP contribution is 2.16. The second-order valence-electron chi connectivity index (χ2n) is 6.20. The van der Waals surface area contributed by atoms with Crippen LogP contribution in [0.5, 0.6) is 0 Å². The highest BCUT2D eigenvalue weighted by atomic mass is 16.4. The average molecular weight is 382 g/mol. The zero-order chi connectivity index (χ0) is 20.7. The first-order valence-electron chi connectivity index (χ1n) is 8.54. The molecule has 0 aliphatic carbocycles. The number of aromatic carboxylic acids is 1. The Morgan fingerprint density at radius 1 is 0.857 bits per heavy atom. The third-order valence-electron chi connectivity index (χ3n) is 3.95. The van der Waals surface area contributed by atoms with Crippen molar-refractivity contribution in [1.82, 2.24) is 10.9 Å². The highest BCUT2D eigenvalue weighted by molar-refractivity contribution is 6.04. The molecule has 0 radical (unpaired) electrons. The van der Waals surface area contributed by atoms with Gasteiger partial charge in [-0.1, -0.05) is 30.3 Å². The van der Waals surface area contributed by atoms with Gasteiger partial charge < -0.3 is 15.2 Å². The van der Waals surface area contributed by atoms with Crippen molar-refractivity contribution in [3.8, 4) is 0 Å². The Bertz CT molecular complexity index is 924. The van der Waals surface area contributed by atoms with Crippen molar-refractivity contribution >= 4 is 29.4 Å². The summed E-state index contributed by atoms with van der Waals surface area (Å²) in [6, 6.07) is 11.1. The molecule has 0 aromatic heterocycles. The van der Waals surface area contributed by atoms with Crippen molar-refractivity contribution in [2.75, 3.05) is 5.32 Å². The van der Waals surface area contributed by atoms with E-state index in [1.807, 2.05) is 32.0 Å². The Morgan fingerprint density at radius 3 is 2.18 bits per heavy atom. The van der Waals surface area contributed by atoms with E-state index in [2.05, 4.69) is 16.2 Å². The molecule has 0 saturated heterocycles. The lowest BCUT2D eigenvalue weighted by Crippen LogP contribution is -2.42. The number of benzene rings is 2. The van der Waals surface area contributed by atoms with Gasteiger partial charge in [-0.05, 0) is 37.1 Å². The summed E-state index contributed by atoms with van der Waals surface area (Å²) >= 11 is 0. The number of hydrazine groups is 1. The van der Waals surface area contributed by atoms with Gasteiger partial charge in [0, 0.05) is 24.1 Å². The Morgan fingerprint density at radius 2 is 1.50 bits per heavy atom. The summed E-state index contributed by atoms with van der Waals surface area (Å²) in [6.07, 6.45) is -0.232. The summed E-state index contributed by atoms with van der Waals surface area (Å²) in [5.41, 5.74) is 6.43. The van der Waals surface area contributed by atoms with Crippen molar-refractivity contribution < 1.29 is 24.3 Å². The van der Waals surface area contributed by atoms with E-state index in [1.54, 1.807) is 0 Å². The van der Waals surface area contributed by atoms with E-state index in [9.17, 15) is 24.3 Å². The molecule has 0 aliphatic heterocycles. The third kappa shape index (κ3) is 5.66. The Balaban J connectivity index is 1.83. The van der Waals surface area contributed by atoms with Crippen molar-refractivity contribution in [2.45, 2.75) is 26.7 Å². The van der Waals surface area contributed by atoms with Crippen molar-refractivity contribution in [3.05, 3.63) is 64.7 Å². The average Bonchev–Trinajstić information content (AvgIpc) is 2.67. The smallest absolute Gasteiger partial charge is 0.270 e. The molecule has 0 fully saturated rings. The minimum Gasteiger partial charge on any atom is -0.545 e. The molecular weight excluding hydrogens is 362 g/mol. The fourth-order valence-electron chi connectivity index (χ4n) is 2.43. The van der Waals surface area contributed by atoms with E-state index in [-0.39, 0.29) is 29.9 Å². The number of carbonyl (C=O) groups excluding carboxylic acids is 4. The Hall–Kier alpha value is -3.68. The molecule has 3 amide bonds. The van der Waals surface area contributed by atoms with Crippen LogP contribution in [-0.4, -0.2) is 23.7 Å². The lowest BCUT2D eigenvalue weighted by Gasteiger charge is -2.12. The summed E-state index contributed by atoms with van der Waals surface area (Å²) in [4.78, 5) is 46.9. The predicted octanol–water partition coefficient (Wildman–Crippen LogP) is 0.847. The number of hydrogen-bond donors (Lipinski definition) is 3. The van der Waals surface area contributed by atoms with Crippen LogP contribution in [0.1, 0.15) is 44.7 Å². The van der Waals surface area contributed by atoms with Crippen LogP contribution in [0.3, 0.4) is 0 Å². The lowest BCUT2D eigenvalue weighted by molar-refractivity contribution is -0.255. The fraction of sp³-hybridized carbons (Fsp3) is 0.200. The molecule has 28 heavy (non-hydrogen) atoms. The molecule has 2 rings (SSSR count). The van der Waals surface area contributed by atoms with Gasteiger partial charge in [-0.2, -0.15) is 0 Å². The second kappa shape index (κ2) is 9.31. The number of aryl methyl sites for hydroxylation is 2. The number of amides is 3. The Kier molecular flexibility index (Phi) is 6.86. The van der Waals surface area contributed by atoms with Gasteiger partial charge in [0.1, 0.15) is 0 Å². The first-order chi connectivity index (χ1) is 13.3. The van der Waals surface area contributed by atoms with Gasteiger partial charge in [0.2, 0.25) is 11.8 Å². The zero-order valence-corrected chi connectivity index (χ0v) is 15.5. The summed E-state index contributed by atoms with van der Waals surface area (Å²) in [6.45, 7) is 3.77. The zero-order valence-electron chi connectivity index (χ0n) is 15.5. The number of carboxylic acid groups (broad SMARTS) is 1. The van der Waals surface area contributed by atoms with Crippen LogP contribution in [0, 0.1) is 13.8 Å². The van der Waals surface area contributed by atoms with Crippen LogP contribution in [0.25, 0.3) is 0 Å². The molecule has 0 saturated carbocycles. The number of carbonyl (C=O) groups is 4. The van der Waals surface area contributed by atoms with Crippen LogP contribution >= 0.6 is 0 Å². The first-order valence-corrected chi connectivity index (χ1v) is 8.54. The van der Waals surface area contributed by atoms with Crippen LogP contribution in [0.15, 0.2) is 42.5 Å².